The fourth-order valence-corrected chi connectivity index (χ4v) is 6.26. The van der Waals surface area contributed by atoms with E-state index in [0.717, 1.165) is 34.0 Å². The SMILES string of the molecule is Cc1ccc(F)cc1-c1ccc(CC(N)C(=O)N2CCN(C(c3ccccc3)c3ccccc3)CC2)s1. The second kappa shape index (κ2) is 11.4. The molecule has 1 aromatic heterocycles. The van der Waals surface area contributed by atoms with E-state index in [9.17, 15) is 9.18 Å². The second-order valence-corrected chi connectivity index (χ2v) is 10.8. The summed E-state index contributed by atoms with van der Waals surface area (Å²) in [6.07, 6.45) is 0.481. The first-order valence-electron chi connectivity index (χ1n) is 12.7. The van der Waals surface area contributed by atoms with E-state index in [2.05, 4.69) is 53.4 Å². The standard InChI is InChI=1S/C31H32FN3OS/c1-22-12-13-25(32)20-27(22)29-15-14-26(37-29)21-28(33)31(36)35-18-16-34(17-19-35)30(23-8-4-2-5-9-23)24-10-6-3-7-11-24/h2-15,20,28,30H,16-19,21,33H2,1H3. The third-order valence-electron chi connectivity index (χ3n) is 7.09. The zero-order valence-corrected chi connectivity index (χ0v) is 21.8. The summed E-state index contributed by atoms with van der Waals surface area (Å²) >= 11 is 1.58. The summed E-state index contributed by atoms with van der Waals surface area (Å²) in [5.74, 6) is -0.254. The van der Waals surface area contributed by atoms with Crippen molar-refractivity contribution in [2.45, 2.75) is 25.4 Å². The van der Waals surface area contributed by atoms with Crippen LogP contribution in [0, 0.1) is 12.7 Å². The third kappa shape index (κ3) is 5.82. The number of piperazine rings is 1. The number of carbonyl (C=O) groups excluding carboxylic acids is 1. The molecule has 4 aromatic rings. The van der Waals surface area contributed by atoms with Crippen molar-refractivity contribution >= 4 is 17.2 Å². The van der Waals surface area contributed by atoms with Gasteiger partial charge in [-0.1, -0.05) is 66.7 Å². The summed E-state index contributed by atoms with van der Waals surface area (Å²) in [5.41, 5.74) is 10.8. The van der Waals surface area contributed by atoms with Gasteiger partial charge >= 0.3 is 0 Å². The van der Waals surface area contributed by atoms with Crippen molar-refractivity contribution in [1.29, 1.82) is 0 Å². The van der Waals surface area contributed by atoms with Gasteiger partial charge in [-0.3, -0.25) is 9.69 Å². The summed E-state index contributed by atoms with van der Waals surface area (Å²) < 4.78 is 13.8. The van der Waals surface area contributed by atoms with E-state index in [1.165, 1.54) is 17.2 Å². The van der Waals surface area contributed by atoms with Gasteiger partial charge in [-0.2, -0.15) is 0 Å². The molecule has 6 heteroatoms. The molecule has 1 atom stereocenters. The van der Waals surface area contributed by atoms with Gasteiger partial charge in [0.2, 0.25) is 5.91 Å². The second-order valence-electron chi connectivity index (χ2n) is 9.62. The number of nitrogens with zero attached hydrogens (tertiary/aromatic N) is 2. The summed E-state index contributed by atoms with van der Waals surface area (Å²) in [7, 11) is 0. The van der Waals surface area contributed by atoms with Crippen molar-refractivity contribution < 1.29 is 9.18 Å². The highest BCUT2D eigenvalue weighted by Crippen LogP contribution is 2.32. The predicted octanol–water partition coefficient (Wildman–Crippen LogP) is 5.67. The summed E-state index contributed by atoms with van der Waals surface area (Å²) in [4.78, 5) is 19.6. The highest BCUT2D eigenvalue weighted by atomic mass is 32.1. The van der Waals surface area contributed by atoms with Crippen molar-refractivity contribution in [3.05, 3.63) is 118 Å². The molecule has 190 valence electrons. The van der Waals surface area contributed by atoms with Gasteiger partial charge in [0.25, 0.3) is 0 Å². The fourth-order valence-electron chi connectivity index (χ4n) is 5.12. The molecule has 37 heavy (non-hydrogen) atoms. The topological polar surface area (TPSA) is 49.6 Å². The van der Waals surface area contributed by atoms with Crippen LogP contribution in [0.1, 0.15) is 27.6 Å². The maximum atomic E-state index is 13.8. The Labute approximate surface area is 222 Å². The lowest BCUT2D eigenvalue weighted by Gasteiger charge is -2.40. The molecule has 1 fully saturated rings. The van der Waals surface area contributed by atoms with Crippen LogP contribution in [-0.2, 0) is 11.2 Å². The van der Waals surface area contributed by atoms with Crippen LogP contribution in [0.2, 0.25) is 0 Å². The number of rotatable bonds is 7. The molecule has 1 aliphatic heterocycles. The van der Waals surface area contributed by atoms with Gasteiger partial charge < -0.3 is 10.6 Å². The minimum Gasteiger partial charge on any atom is -0.339 e. The maximum Gasteiger partial charge on any atom is 0.239 e. The number of thiophene rings is 1. The van der Waals surface area contributed by atoms with E-state index in [1.54, 1.807) is 23.5 Å². The first-order valence-corrected chi connectivity index (χ1v) is 13.5. The normalized spacial score (nSPS) is 15.2. The highest BCUT2D eigenvalue weighted by molar-refractivity contribution is 7.15. The van der Waals surface area contributed by atoms with Gasteiger partial charge in [0.15, 0.2) is 0 Å². The van der Waals surface area contributed by atoms with Gasteiger partial charge in [-0.15, -0.1) is 11.3 Å². The Morgan fingerprint density at radius 1 is 0.892 bits per heavy atom. The maximum absolute atomic E-state index is 13.8. The van der Waals surface area contributed by atoms with Crippen molar-refractivity contribution in [3.8, 4) is 10.4 Å². The molecule has 2 heterocycles. The molecule has 0 bridgehead atoms. The molecular formula is C31H32FN3OS. The number of hydrogen-bond acceptors (Lipinski definition) is 4. The van der Waals surface area contributed by atoms with E-state index in [0.29, 0.717) is 19.5 Å². The van der Waals surface area contributed by atoms with E-state index >= 15 is 0 Å². The number of amides is 1. The Kier molecular flexibility index (Phi) is 7.79. The lowest BCUT2D eigenvalue weighted by Crippen LogP contribution is -2.54. The first-order chi connectivity index (χ1) is 18.0. The van der Waals surface area contributed by atoms with Crippen LogP contribution in [0.3, 0.4) is 0 Å². The molecule has 1 saturated heterocycles. The molecule has 2 N–H and O–H groups in total. The lowest BCUT2D eigenvalue weighted by molar-refractivity contribution is -0.134. The Hall–Kier alpha value is -3.32. The van der Waals surface area contributed by atoms with Crippen LogP contribution in [0.4, 0.5) is 4.39 Å². The van der Waals surface area contributed by atoms with E-state index in [-0.39, 0.29) is 17.8 Å². The number of nitrogens with two attached hydrogens (primary N) is 1. The largest absolute Gasteiger partial charge is 0.339 e. The van der Waals surface area contributed by atoms with Gasteiger partial charge in [0, 0.05) is 42.4 Å². The Morgan fingerprint density at radius 2 is 1.51 bits per heavy atom. The van der Waals surface area contributed by atoms with Crippen LogP contribution in [0.15, 0.2) is 91.0 Å². The zero-order chi connectivity index (χ0) is 25.8. The van der Waals surface area contributed by atoms with Crippen LogP contribution in [-0.4, -0.2) is 47.9 Å². The molecule has 0 aliphatic carbocycles. The van der Waals surface area contributed by atoms with Gasteiger partial charge in [0.05, 0.1) is 12.1 Å². The fraction of sp³-hybridized carbons (Fsp3) is 0.258. The molecule has 0 saturated carbocycles. The molecule has 1 amide bonds. The minimum atomic E-state index is -0.592. The minimum absolute atomic E-state index is 0.00694. The Morgan fingerprint density at radius 3 is 2.14 bits per heavy atom. The summed E-state index contributed by atoms with van der Waals surface area (Å²) in [6.45, 7) is 4.86. The first kappa shape index (κ1) is 25.3. The summed E-state index contributed by atoms with van der Waals surface area (Å²) in [5, 5.41) is 0. The number of halogens is 1. The van der Waals surface area contributed by atoms with Gasteiger partial charge in [0.1, 0.15) is 5.82 Å². The van der Waals surface area contributed by atoms with Crippen LogP contribution in [0.25, 0.3) is 10.4 Å². The van der Waals surface area contributed by atoms with Gasteiger partial charge in [-0.25, -0.2) is 4.39 Å². The molecule has 0 radical (unpaired) electrons. The zero-order valence-electron chi connectivity index (χ0n) is 21.0. The highest BCUT2D eigenvalue weighted by Gasteiger charge is 2.30. The smallest absolute Gasteiger partial charge is 0.239 e. The number of benzene rings is 3. The number of aryl methyl sites for hydroxylation is 1. The van der Waals surface area contributed by atoms with Crippen molar-refractivity contribution in [3.63, 3.8) is 0 Å². The molecule has 1 aliphatic rings. The van der Waals surface area contributed by atoms with Crippen LogP contribution >= 0.6 is 11.3 Å². The van der Waals surface area contributed by atoms with Gasteiger partial charge in [-0.05, 0) is 53.4 Å². The molecule has 3 aromatic carbocycles. The van der Waals surface area contributed by atoms with Crippen LogP contribution < -0.4 is 5.73 Å². The Bertz CT molecular complexity index is 1290. The van der Waals surface area contributed by atoms with E-state index in [1.807, 2.05) is 36.1 Å². The number of hydrogen-bond donors (Lipinski definition) is 1. The number of carbonyl (C=O) groups is 1. The predicted molar refractivity (Wildman–Crippen MR) is 149 cm³/mol. The van der Waals surface area contributed by atoms with Crippen molar-refractivity contribution in [2.24, 2.45) is 5.73 Å². The molecule has 1 unspecified atom stereocenters. The molecule has 4 nitrogen and oxygen atoms in total. The molecular weight excluding hydrogens is 481 g/mol. The average molecular weight is 514 g/mol. The average Bonchev–Trinajstić information content (AvgIpc) is 3.39. The third-order valence-corrected chi connectivity index (χ3v) is 8.23. The lowest BCUT2D eigenvalue weighted by atomic mass is 9.96. The van der Waals surface area contributed by atoms with E-state index in [4.69, 9.17) is 5.73 Å². The quantitative estimate of drug-likeness (QED) is 0.347. The molecule has 0 spiro atoms. The van der Waals surface area contributed by atoms with Crippen molar-refractivity contribution in [2.75, 3.05) is 26.2 Å². The molecule has 5 rings (SSSR count). The van der Waals surface area contributed by atoms with Crippen LogP contribution in [0.5, 0.6) is 0 Å². The van der Waals surface area contributed by atoms with E-state index < -0.39 is 6.04 Å². The van der Waals surface area contributed by atoms with Crippen molar-refractivity contribution in [1.82, 2.24) is 9.80 Å². The monoisotopic (exact) mass is 513 g/mol. The Balaban J connectivity index is 1.22. The summed E-state index contributed by atoms with van der Waals surface area (Å²) in [6, 6.07) is 29.5.